The molecule has 1 N–H and O–H groups in total. The first-order chi connectivity index (χ1) is 12.9. The van der Waals surface area contributed by atoms with Gasteiger partial charge in [0.1, 0.15) is 5.82 Å². The maximum atomic E-state index is 12.9. The zero-order valence-corrected chi connectivity index (χ0v) is 15.8. The van der Waals surface area contributed by atoms with E-state index >= 15 is 0 Å². The lowest BCUT2D eigenvalue weighted by Gasteiger charge is -2.31. The molecule has 1 amide bonds. The average molecular weight is 390 g/mol. The standard InChI is InChI=1S/C20H23FN2O3S/c21-18-8-6-17(7-9-18)15-22-20(24)14-16-10-12-23(13-11-16)27(25,26)19-4-2-1-3-5-19/h1-9,16H,10-15H2,(H,22,24). The van der Waals surface area contributed by atoms with Gasteiger partial charge in [0, 0.05) is 26.1 Å². The zero-order valence-electron chi connectivity index (χ0n) is 15.0. The van der Waals surface area contributed by atoms with Crippen molar-refractivity contribution in [1.82, 2.24) is 9.62 Å². The van der Waals surface area contributed by atoms with Crippen LogP contribution in [0.3, 0.4) is 0 Å². The number of nitrogens with zero attached hydrogens (tertiary/aromatic N) is 1. The molecule has 5 nitrogen and oxygen atoms in total. The third-order valence-corrected chi connectivity index (χ3v) is 6.74. The summed E-state index contributed by atoms with van der Waals surface area (Å²) in [7, 11) is -3.46. The second-order valence-electron chi connectivity index (χ2n) is 6.77. The summed E-state index contributed by atoms with van der Waals surface area (Å²) in [5.41, 5.74) is 0.841. The van der Waals surface area contributed by atoms with Crippen LogP contribution >= 0.6 is 0 Å². The molecule has 0 aromatic heterocycles. The number of hydrogen-bond donors (Lipinski definition) is 1. The predicted octanol–water partition coefficient (Wildman–Crippen LogP) is 2.93. The molecule has 0 atom stereocenters. The van der Waals surface area contributed by atoms with Crippen molar-refractivity contribution in [2.24, 2.45) is 5.92 Å². The Kier molecular flexibility index (Phi) is 6.23. The van der Waals surface area contributed by atoms with Crippen molar-refractivity contribution >= 4 is 15.9 Å². The van der Waals surface area contributed by atoms with Crippen molar-refractivity contribution in [3.8, 4) is 0 Å². The van der Waals surface area contributed by atoms with Crippen molar-refractivity contribution in [2.45, 2.75) is 30.7 Å². The van der Waals surface area contributed by atoms with E-state index in [0.717, 1.165) is 5.56 Å². The van der Waals surface area contributed by atoms with E-state index in [2.05, 4.69) is 5.32 Å². The highest BCUT2D eigenvalue weighted by molar-refractivity contribution is 7.89. The Labute approximate surface area is 159 Å². The first-order valence-electron chi connectivity index (χ1n) is 9.01. The Hall–Kier alpha value is -2.25. The molecule has 0 spiro atoms. The molecule has 0 radical (unpaired) electrons. The van der Waals surface area contributed by atoms with Gasteiger partial charge >= 0.3 is 0 Å². The lowest BCUT2D eigenvalue weighted by molar-refractivity contribution is -0.122. The van der Waals surface area contributed by atoms with Crippen LogP contribution in [0.4, 0.5) is 4.39 Å². The van der Waals surface area contributed by atoms with Gasteiger partial charge in [-0.15, -0.1) is 0 Å². The Balaban J connectivity index is 1.46. The molecule has 3 rings (SSSR count). The van der Waals surface area contributed by atoms with Crippen LogP contribution in [0.5, 0.6) is 0 Å². The van der Waals surface area contributed by atoms with Crippen LogP contribution in [0.25, 0.3) is 0 Å². The van der Waals surface area contributed by atoms with Crippen LogP contribution in [-0.4, -0.2) is 31.7 Å². The van der Waals surface area contributed by atoms with Crippen molar-refractivity contribution in [2.75, 3.05) is 13.1 Å². The molecule has 2 aromatic rings. The molecule has 0 aliphatic carbocycles. The lowest BCUT2D eigenvalue weighted by atomic mass is 9.94. The summed E-state index contributed by atoms with van der Waals surface area (Å²) in [5.74, 6) is -0.202. The maximum Gasteiger partial charge on any atom is 0.243 e. The fourth-order valence-corrected chi connectivity index (χ4v) is 4.72. The number of amides is 1. The zero-order chi connectivity index (χ0) is 19.3. The van der Waals surface area contributed by atoms with Crippen molar-refractivity contribution in [3.63, 3.8) is 0 Å². The molecule has 1 aliphatic rings. The summed E-state index contributed by atoms with van der Waals surface area (Å²) >= 11 is 0. The summed E-state index contributed by atoms with van der Waals surface area (Å²) in [6.07, 6.45) is 1.70. The minimum absolute atomic E-state index is 0.0660. The van der Waals surface area contributed by atoms with Crippen LogP contribution < -0.4 is 5.32 Å². The van der Waals surface area contributed by atoms with Crippen LogP contribution in [0.15, 0.2) is 59.5 Å². The minimum Gasteiger partial charge on any atom is -0.352 e. The topological polar surface area (TPSA) is 66.5 Å². The van der Waals surface area contributed by atoms with E-state index in [-0.39, 0.29) is 17.6 Å². The van der Waals surface area contributed by atoms with Crippen LogP contribution in [0.2, 0.25) is 0 Å². The van der Waals surface area contributed by atoms with E-state index in [1.165, 1.54) is 16.4 Å². The van der Waals surface area contributed by atoms with Crippen molar-refractivity contribution < 1.29 is 17.6 Å². The van der Waals surface area contributed by atoms with Gasteiger partial charge in [-0.05, 0) is 48.6 Å². The van der Waals surface area contributed by atoms with Crippen molar-refractivity contribution in [3.05, 3.63) is 66.0 Å². The molecule has 0 saturated carbocycles. The third kappa shape index (κ3) is 5.14. The van der Waals surface area contributed by atoms with E-state index in [1.807, 2.05) is 0 Å². The molecule has 0 unspecified atom stereocenters. The third-order valence-electron chi connectivity index (χ3n) is 4.83. The highest BCUT2D eigenvalue weighted by atomic mass is 32.2. The van der Waals surface area contributed by atoms with Gasteiger partial charge in [-0.1, -0.05) is 30.3 Å². The molecular weight excluding hydrogens is 367 g/mol. The Morgan fingerprint density at radius 2 is 1.67 bits per heavy atom. The molecule has 144 valence electrons. The number of nitrogens with one attached hydrogen (secondary N) is 1. The second-order valence-corrected chi connectivity index (χ2v) is 8.71. The second kappa shape index (κ2) is 8.63. The maximum absolute atomic E-state index is 12.9. The van der Waals surface area contributed by atoms with Crippen molar-refractivity contribution in [1.29, 1.82) is 0 Å². The number of carbonyl (C=O) groups excluding carboxylic acids is 1. The van der Waals surface area contributed by atoms with E-state index in [4.69, 9.17) is 0 Å². The molecule has 1 aliphatic heterocycles. The highest BCUT2D eigenvalue weighted by Crippen LogP contribution is 2.25. The van der Waals surface area contributed by atoms with Crippen LogP contribution in [-0.2, 0) is 21.4 Å². The first-order valence-corrected chi connectivity index (χ1v) is 10.5. The summed E-state index contributed by atoms with van der Waals surface area (Å²) in [4.78, 5) is 12.4. The number of carbonyl (C=O) groups is 1. The number of hydrogen-bond acceptors (Lipinski definition) is 3. The summed E-state index contributed by atoms with van der Waals surface area (Å²) in [5, 5.41) is 2.84. The number of piperidine rings is 1. The predicted molar refractivity (Wildman–Crippen MR) is 101 cm³/mol. The quantitative estimate of drug-likeness (QED) is 0.825. The molecule has 1 fully saturated rings. The minimum atomic E-state index is -3.46. The van der Waals surface area contributed by atoms with Gasteiger partial charge in [-0.25, -0.2) is 12.8 Å². The van der Waals surface area contributed by atoms with E-state index < -0.39 is 10.0 Å². The Morgan fingerprint density at radius 1 is 1.04 bits per heavy atom. The number of benzene rings is 2. The smallest absolute Gasteiger partial charge is 0.243 e. The molecule has 1 saturated heterocycles. The van der Waals surface area contributed by atoms with Gasteiger partial charge in [0.15, 0.2) is 0 Å². The molecule has 2 aromatic carbocycles. The van der Waals surface area contributed by atoms with E-state index in [9.17, 15) is 17.6 Å². The normalized spacial score (nSPS) is 16.2. The van der Waals surface area contributed by atoms with Gasteiger partial charge in [0.2, 0.25) is 15.9 Å². The number of rotatable bonds is 6. The van der Waals surface area contributed by atoms with E-state index in [0.29, 0.717) is 43.8 Å². The largest absolute Gasteiger partial charge is 0.352 e. The van der Waals surface area contributed by atoms with Gasteiger partial charge < -0.3 is 5.32 Å². The van der Waals surface area contributed by atoms with Gasteiger partial charge in [0.25, 0.3) is 0 Å². The molecule has 0 bridgehead atoms. The number of halogens is 1. The van der Waals surface area contributed by atoms with Crippen LogP contribution in [0, 0.1) is 11.7 Å². The highest BCUT2D eigenvalue weighted by Gasteiger charge is 2.29. The van der Waals surface area contributed by atoms with Gasteiger partial charge in [0.05, 0.1) is 4.90 Å². The number of sulfonamides is 1. The monoisotopic (exact) mass is 390 g/mol. The molecule has 27 heavy (non-hydrogen) atoms. The lowest BCUT2D eigenvalue weighted by Crippen LogP contribution is -2.39. The SMILES string of the molecule is O=C(CC1CCN(S(=O)(=O)c2ccccc2)CC1)NCc1ccc(F)cc1. The van der Waals surface area contributed by atoms with E-state index in [1.54, 1.807) is 42.5 Å². The first kappa shape index (κ1) is 19.5. The molecular formula is C20H23FN2O3S. The summed E-state index contributed by atoms with van der Waals surface area (Å²) in [6.45, 7) is 1.21. The molecule has 7 heteroatoms. The van der Waals surface area contributed by atoms with Gasteiger partial charge in [-0.3, -0.25) is 4.79 Å². The van der Waals surface area contributed by atoms with Crippen LogP contribution in [0.1, 0.15) is 24.8 Å². The fraction of sp³-hybridized carbons (Fsp3) is 0.350. The Morgan fingerprint density at radius 3 is 2.30 bits per heavy atom. The average Bonchev–Trinajstić information content (AvgIpc) is 2.69. The summed E-state index contributed by atoms with van der Waals surface area (Å²) in [6, 6.07) is 14.4. The fourth-order valence-electron chi connectivity index (χ4n) is 3.23. The summed E-state index contributed by atoms with van der Waals surface area (Å²) < 4.78 is 39.6. The Bertz CT molecular complexity index is 862. The van der Waals surface area contributed by atoms with Gasteiger partial charge in [-0.2, -0.15) is 4.31 Å². The molecule has 1 heterocycles.